The molecule has 0 radical (unpaired) electrons. The molecule has 0 saturated heterocycles. The van der Waals surface area contributed by atoms with Crippen molar-refractivity contribution in [3.63, 3.8) is 0 Å². The Morgan fingerprint density at radius 3 is 2.24 bits per heavy atom. The van der Waals surface area contributed by atoms with Crippen LogP contribution in [0.25, 0.3) is 10.9 Å². The molecule has 21 heavy (non-hydrogen) atoms. The van der Waals surface area contributed by atoms with E-state index in [4.69, 9.17) is 0 Å². The molecular weight excluding hydrogens is 270 g/mol. The molecule has 0 aliphatic heterocycles. The van der Waals surface area contributed by atoms with Crippen molar-refractivity contribution in [2.75, 3.05) is 0 Å². The van der Waals surface area contributed by atoms with Crippen molar-refractivity contribution in [3.8, 4) is 0 Å². The highest BCUT2D eigenvalue weighted by Crippen LogP contribution is 2.17. The Balaban J connectivity index is 2.11. The molecule has 0 N–H and O–H groups in total. The first-order valence-corrected chi connectivity index (χ1v) is 10.2. The lowest BCUT2D eigenvalue weighted by atomic mass is 10.2. The summed E-state index contributed by atoms with van der Waals surface area (Å²) in [7, 11) is -0.843. The van der Waals surface area contributed by atoms with Gasteiger partial charge in [0.1, 0.15) is 0 Å². The average Bonchev–Trinajstić information content (AvgIpc) is 2.89. The van der Waals surface area contributed by atoms with E-state index in [0.29, 0.717) is 0 Å². The van der Waals surface area contributed by atoms with Crippen molar-refractivity contribution in [3.05, 3.63) is 66.2 Å². The van der Waals surface area contributed by atoms with E-state index in [1.54, 1.807) is 5.32 Å². The zero-order valence-electron chi connectivity index (χ0n) is 12.9. The van der Waals surface area contributed by atoms with Crippen molar-refractivity contribution in [2.24, 2.45) is 0 Å². The summed E-state index contributed by atoms with van der Waals surface area (Å²) in [5, 5.41) is 3.01. The van der Waals surface area contributed by atoms with Crippen molar-refractivity contribution >= 4 is 25.0 Å². The first-order chi connectivity index (χ1) is 10.3. The smallest absolute Gasteiger partial charge is 0.0912 e. The van der Waals surface area contributed by atoms with Gasteiger partial charge in [-0.25, -0.2) is 0 Å². The largest absolute Gasteiger partial charge is 0.344 e. The molecule has 0 unspecified atom stereocenters. The van der Waals surface area contributed by atoms with Crippen molar-refractivity contribution in [1.82, 2.24) is 4.57 Å². The molecule has 0 saturated carbocycles. The van der Waals surface area contributed by atoms with Crippen LogP contribution in [0, 0.1) is 0 Å². The zero-order chi connectivity index (χ0) is 14.7. The van der Waals surface area contributed by atoms with Gasteiger partial charge in [0, 0.05) is 12.1 Å². The lowest BCUT2D eigenvalue weighted by Crippen LogP contribution is -2.34. The van der Waals surface area contributed by atoms with Gasteiger partial charge >= 0.3 is 0 Å². The van der Waals surface area contributed by atoms with Crippen LogP contribution in [0.1, 0.15) is 19.4 Å². The summed E-state index contributed by atoms with van der Waals surface area (Å²) in [6.07, 6.45) is 0. The van der Waals surface area contributed by atoms with E-state index >= 15 is 0 Å². The van der Waals surface area contributed by atoms with Gasteiger partial charge in [0.05, 0.1) is 8.80 Å². The lowest BCUT2D eigenvalue weighted by Gasteiger charge is -2.16. The standard InChI is InChI=1S/C19H23NSi/c1-3-21(4-2)19-14-17-12-8-9-13-18(17)20(19)15-16-10-6-5-7-11-16/h5-14,21H,3-4,15H2,1-2H3. The third-order valence-corrected chi connectivity index (χ3v) is 7.72. The minimum atomic E-state index is -0.843. The number of benzene rings is 2. The van der Waals surface area contributed by atoms with Crippen LogP contribution in [-0.4, -0.2) is 13.4 Å². The molecule has 0 aliphatic carbocycles. The van der Waals surface area contributed by atoms with Gasteiger partial charge in [0.2, 0.25) is 0 Å². The number of hydrogen-bond donors (Lipinski definition) is 0. The molecule has 108 valence electrons. The Bertz CT molecular complexity index is 711. The van der Waals surface area contributed by atoms with Gasteiger partial charge in [-0.1, -0.05) is 74.5 Å². The third kappa shape index (κ3) is 2.81. The number of fused-ring (bicyclic) bond motifs is 1. The molecule has 1 nitrogen and oxygen atoms in total. The quantitative estimate of drug-likeness (QED) is 0.622. The van der Waals surface area contributed by atoms with Crippen LogP contribution in [0.3, 0.4) is 0 Å². The predicted molar refractivity (Wildman–Crippen MR) is 95.2 cm³/mol. The highest BCUT2D eigenvalue weighted by atomic mass is 28.3. The van der Waals surface area contributed by atoms with Crippen LogP contribution in [0.2, 0.25) is 12.1 Å². The maximum atomic E-state index is 2.56. The van der Waals surface area contributed by atoms with E-state index in [-0.39, 0.29) is 0 Å². The topological polar surface area (TPSA) is 4.93 Å². The highest BCUT2D eigenvalue weighted by molar-refractivity contribution is 6.72. The molecule has 0 aliphatic rings. The van der Waals surface area contributed by atoms with Crippen LogP contribution in [0.15, 0.2) is 60.7 Å². The number of para-hydroxylation sites is 1. The molecule has 3 aromatic rings. The maximum Gasteiger partial charge on any atom is 0.0912 e. The van der Waals surface area contributed by atoms with Gasteiger partial charge in [0.15, 0.2) is 0 Å². The van der Waals surface area contributed by atoms with E-state index in [2.05, 4.69) is 79.1 Å². The predicted octanol–water partition coefficient (Wildman–Crippen LogP) is 4.16. The van der Waals surface area contributed by atoms with Gasteiger partial charge in [-0.15, -0.1) is 0 Å². The molecule has 2 aromatic carbocycles. The zero-order valence-corrected chi connectivity index (χ0v) is 14.1. The summed E-state index contributed by atoms with van der Waals surface area (Å²) in [5.41, 5.74) is 2.77. The van der Waals surface area contributed by atoms with Crippen LogP contribution < -0.4 is 5.32 Å². The maximum absolute atomic E-state index is 2.56. The number of aromatic nitrogens is 1. The second kappa shape index (κ2) is 6.31. The van der Waals surface area contributed by atoms with Gasteiger partial charge < -0.3 is 4.57 Å². The second-order valence-electron chi connectivity index (χ2n) is 5.71. The van der Waals surface area contributed by atoms with Crippen LogP contribution in [0.5, 0.6) is 0 Å². The molecule has 2 heteroatoms. The first kappa shape index (κ1) is 14.1. The van der Waals surface area contributed by atoms with E-state index in [1.165, 1.54) is 28.6 Å². The Hall–Kier alpha value is -1.80. The van der Waals surface area contributed by atoms with E-state index < -0.39 is 8.80 Å². The van der Waals surface area contributed by atoms with Crippen molar-refractivity contribution in [1.29, 1.82) is 0 Å². The molecule has 0 spiro atoms. The molecule has 1 heterocycles. The molecule has 3 rings (SSSR count). The van der Waals surface area contributed by atoms with Crippen molar-refractivity contribution in [2.45, 2.75) is 32.5 Å². The first-order valence-electron chi connectivity index (χ1n) is 7.95. The highest BCUT2D eigenvalue weighted by Gasteiger charge is 2.16. The van der Waals surface area contributed by atoms with E-state index in [0.717, 1.165) is 6.54 Å². The number of hydrogen-bond acceptors (Lipinski definition) is 0. The SMILES string of the molecule is CC[SiH](CC)c1cc2ccccc2n1Cc1ccccc1. The Labute approximate surface area is 128 Å². The molecule has 1 aromatic heterocycles. The van der Waals surface area contributed by atoms with Gasteiger partial charge in [0.25, 0.3) is 0 Å². The van der Waals surface area contributed by atoms with Crippen LogP contribution in [-0.2, 0) is 6.54 Å². The van der Waals surface area contributed by atoms with Crippen LogP contribution >= 0.6 is 0 Å². The molecule has 0 atom stereocenters. The summed E-state index contributed by atoms with van der Waals surface area (Å²) in [6.45, 7) is 5.70. The molecule has 0 amide bonds. The number of nitrogens with zero attached hydrogens (tertiary/aromatic N) is 1. The minimum absolute atomic E-state index is 0.843. The molecular formula is C19H23NSi. The molecule has 0 fully saturated rings. The fourth-order valence-corrected chi connectivity index (χ4v) is 5.72. The van der Waals surface area contributed by atoms with Crippen molar-refractivity contribution < 1.29 is 0 Å². The monoisotopic (exact) mass is 293 g/mol. The Morgan fingerprint density at radius 2 is 1.52 bits per heavy atom. The van der Waals surface area contributed by atoms with Gasteiger partial charge in [-0.3, -0.25) is 0 Å². The normalized spacial score (nSPS) is 11.4. The van der Waals surface area contributed by atoms with Gasteiger partial charge in [-0.05, 0) is 28.4 Å². The minimum Gasteiger partial charge on any atom is -0.344 e. The summed E-state index contributed by atoms with van der Waals surface area (Å²) < 4.78 is 2.56. The summed E-state index contributed by atoms with van der Waals surface area (Å²) in [6, 6.07) is 24.7. The fraction of sp³-hybridized carbons (Fsp3) is 0.263. The summed E-state index contributed by atoms with van der Waals surface area (Å²) >= 11 is 0. The summed E-state index contributed by atoms with van der Waals surface area (Å²) in [4.78, 5) is 0. The molecule has 0 bridgehead atoms. The van der Waals surface area contributed by atoms with E-state index in [1.807, 2.05) is 0 Å². The second-order valence-corrected chi connectivity index (χ2v) is 9.33. The summed E-state index contributed by atoms with van der Waals surface area (Å²) in [5.74, 6) is 0. The Kier molecular flexibility index (Phi) is 4.25. The third-order valence-electron chi connectivity index (χ3n) is 4.43. The lowest BCUT2D eigenvalue weighted by molar-refractivity contribution is 0.856. The van der Waals surface area contributed by atoms with Crippen LogP contribution in [0.4, 0.5) is 0 Å². The number of rotatable bonds is 5. The average molecular weight is 293 g/mol. The van der Waals surface area contributed by atoms with Gasteiger partial charge in [-0.2, -0.15) is 0 Å². The fourth-order valence-electron chi connectivity index (χ4n) is 3.22. The van der Waals surface area contributed by atoms with E-state index in [9.17, 15) is 0 Å². The Morgan fingerprint density at radius 1 is 0.857 bits per heavy atom.